The van der Waals surface area contributed by atoms with Crippen molar-refractivity contribution in [3.63, 3.8) is 0 Å². The molecule has 0 bridgehead atoms. The van der Waals surface area contributed by atoms with Gasteiger partial charge in [-0.15, -0.1) is 0 Å². The van der Waals surface area contributed by atoms with Crippen molar-refractivity contribution in [2.45, 2.75) is 40.5 Å². The zero-order chi connectivity index (χ0) is 18.4. The van der Waals surface area contributed by atoms with Gasteiger partial charge in [-0.25, -0.2) is 9.78 Å². The predicted octanol–water partition coefficient (Wildman–Crippen LogP) is 3.58. The Kier molecular flexibility index (Phi) is 6.33. The minimum absolute atomic E-state index is 0.0126. The third-order valence-electron chi connectivity index (χ3n) is 3.70. The Bertz CT molecular complexity index is 796. The third-order valence-corrected chi connectivity index (χ3v) is 3.70. The molecule has 0 radical (unpaired) electrons. The van der Waals surface area contributed by atoms with E-state index in [-0.39, 0.29) is 11.4 Å². The van der Waals surface area contributed by atoms with Crippen molar-refractivity contribution in [3.05, 3.63) is 51.7 Å². The van der Waals surface area contributed by atoms with Gasteiger partial charge in [0, 0.05) is 12.6 Å². The third kappa shape index (κ3) is 4.92. The van der Waals surface area contributed by atoms with Crippen molar-refractivity contribution >= 4 is 11.7 Å². The molecule has 6 heteroatoms. The average molecular weight is 344 g/mol. The highest BCUT2D eigenvalue weighted by molar-refractivity contribution is 6.05. The van der Waals surface area contributed by atoms with E-state index in [9.17, 15) is 9.59 Å². The van der Waals surface area contributed by atoms with E-state index in [0.29, 0.717) is 36.0 Å². The van der Waals surface area contributed by atoms with E-state index < -0.39 is 11.5 Å². The average Bonchev–Trinajstić information content (AvgIpc) is 2.54. The number of hydrogen-bond donors (Lipinski definition) is 1. The Hall–Kier alpha value is -2.63. The molecule has 25 heavy (non-hydrogen) atoms. The summed E-state index contributed by atoms with van der Waals surface area (Å²) in [6, 6.07) is 5.17. The molecule has 1 N–H and O–H groups in total. The van der Waals surface area contributed by atoms with Gasteiger partial charge in [0.1, 0.15) is 11.3 Å². The van der Waals surface area contributed by atoms with Gasteiger partial charge in [-0.05, 0) is 49.9 Å². The monoisotopic (exact) mass is 344 g/mol. The van der Waals surface area contributed by atoms with Crippen LogP contribution in [0.5, 0.6) is 5.75 Å². The van der Waals surface area contributed by atoms with Crippen LogP contribution >= 0.6 is 0 Å². The summed E-state index contributed by atoms with van der Waals surface area (Å²) in [5, 5.41) is 2.63. The molecule has 0 spiro atoms. The number of ether oxygens (including phenoxy) is 1. The van der Waals surface area contributed by atoms with Crippen LogP contribution in [-0.4, -0.2) is 17.5 Å². The van der Waals surface area contributed by atoms with Crippen molar-refractivity contribution in [1.29, 1.82) is 0 Å². The van der Waals surface area contributed by atoms with E-state index in [2.05, 4.69) is 24.1 Å². The van der Waals surface area contributed by atoms with Crippen LogP contribution in [0.3, 0.4) is 0 Å². The fourth-order valence-corrected chi connectivity index (χ4v) is 2.43. The van der Waals surface area contributed by atoms with Crippen LogP contribution in [0.1, 0.15) is 48.9 Å². The Morgan fingerprint density at radius 2 is 2.16 bits per heavy atom. The Morgan fingerprint density at radius 3 is 2.80 bits per heavy atom. The lowest BCUT2D eigenvalue weighted by Gasteiger charge is -2.11. The molecule has 0 aliphatic heterocycles. The molecule has 0 saturated carbocycles. The maximum absolute atomic E-state index is 12.5. The standard InChI is InChI=1S/C19H24N2O4/c1-5-24-15-7-6-10-20-17(15)21-18(22)16-13(4)11-14(25-19(16)23)9-8-12(2)3/h6-7,10-12H,5,8-9H2,1-4H3,(H,20,21,22). The molecule has 0 saturated heterocycles. The molecule has 2 heterocycles. The molecule has 0 fully saturated rings. The van der Waals surface area contributed by atoms with Gasteiger partial charge < -0.3 is 14.5 Å². The minimum atomic E-state index is -0.634. The van der Waals surface area contributed by atoms with E-state index in [1.165, 1.54) is 0 Å². The fraction of sp³-hybridized carbons (Fsp3) is 0.421. The summed E-state index contributed by atoms with van der Waals surface area (Å²) >= 11 is 0. The maximum Gasteiger partial charge on any atom is 0.349 e. The molecule has 2 aromatic rings. The smallest absolute Gasteiger partial charge is 0.349 e. The summed E-state index contributed by atoms with van der Waals surface area (Å²) < 4.78 is 10.7. The lowest BCUT2D eigenvalue weighted by molar-refractivity contribution is 0.102. The summed E-state index contributed by atoms with van der Waals surface area (Å²) in [5.74, 6) is 1.28. The van der Waals surface area contributed by atoms with Gasteiger partial charge in [-0.1, -0.05) is 13.8 Å². The number of amides is 1. The molecule has 134 valence electrons. The van der Waals surface area contributed by atoms with Gasteiger partial charge in [0.2, 0.25) is 0 Å². The number of nitrogens with zero attached hydrogens (tertiary/aromatic N) is 1. The van der Waals surface area contributed by atoms with E-state index in [1.807, 2.05) is 6.92 Å². The van der Waals surface area contributed by atoms with E-state index in [4.69, 9.17) is 9.15 Å². The van der Waals surface area contributed by atoms with Gasteiger partial charge >= 0.3 is 5.63 Å². The number of aryl methyl sites for hydroxylation is 2. The lowest BCUT2D eigenvalue weighted by atomic mass is 10.0. The molecule has 0 unspecified atom stereocenters. The second-order valence-corrected chi connectivity index (χ2v) is 6.23. The van der Waals surface area contributed by atoms with Gasteiger partial charge in [0.15, 0.2) is 11.6 Å². The predicted molar refractivity (Wildman–Crippen MR) is 96.2 cm³/mol. The Labute approximate surface area is 147 Å². The van der Waals surface area contributed by atoms with Crippen LogP contribution in [0, 0.1) is 12.8 Å². The molecule has 0 aliphatic rings. The second-order valence-electron chi connectivity index (χ2n) is 6.23. The van der Waals surface area contributed by atoms with Gasteiger partial charge in [-0.2, -0.15) is 0 Å². The summed E-state index contributed by atoms with van der Waals surface area (Å²) in [7, 11) is 0. The summed E-state index contributed by atoms with van der Waals surface area (Å²) in [4.78, 5) is 28.9. The van der Waals surface area contributed by atoms with Crippen molar-refractivity contribution in [2.75, 3.05) is 11.9 Å². The van der Waals surface area contributed by atoms with Crippen molar-refractivity contribution in [1.82, 2.24) is 4.98 Å². The number of rotatable bonds is 7. The SMILES string of the molecule is CCOc1cccnc1NC(=O)c1c(C)cc(CCC(C)C)oc1=O. The summed E-state index contributed by atoms with van der Waals surface area (Å²) in [6.07, 6.45) is 3.13. The number of anilines is 1. The first-order valence-electron chi connectivity index (χ1n) is 8.45. The fourth-order valence-electron chi connectivity index (χ4n) is 2.43. The van der Waals surface area contributed by atoms with Gasteiger partial charge in [0.25, 0.3) is 5.91 Å². The van der Waals surface area contributed by atoms with E-state index in [1.54, 1.807) is 31.3 Å². The molecule has 0 aliphatic carbocycles. The highest BCUT2D eigenvalue weighted by Crippen LogP contribution is 2.21. The topological polar surface area (TPSA) is 81.4 Å². The normalized spacial score (nSPS) is 10.8. The highest BCUT2D eigenvalue weighted by Gasteiger charge is 2.19. The molecule has 0 atom stereocenters. The van der Waals surface area contributed by atoms with Crippen LogP contribution < -0.4 is 15.7 Å². The van der Waals surface area contributed by atoms with Crippen LogP contribution in [0.2, 0.25) is 0 Å². The molecule has 1 amide bonds. The van der Waals surface area contributed by atoms with Crippen LogP contribution in [0.25, 0.3) is 0 Å². The minimum Gasteiger partial charge on any atom is -0.490 e. The zero-order valence-corrected chi connectivity index (χ0v) is 15.1. The number of pyridine rings is 1. The van der Waals surface area contributed by atoms with Crippen LogP contribution in [-0.2, 0) is 6.42 Å². The molecular formula is C19H24N2O4. The van der Waals surface area contributed by atoms with Crippen molar-refractivity contribution < 1.29 is 13.9 Å². The quantitative estimate of drug-likeness (QED) is 0.830. The second kappa shape index (κ2) is 8.46. The number of carbonyl (C=O) groups excluding carboxylic acids is 1. The molecule has 2 rings (SSSR count). The van der Waals surface area contributed by atoms with Crippen LogP contribution in [0.15, 0.2) is 33.6 Å². The number of carbonyl (C=O) groups is 1. The zero-order valence-electron chi connectivity index (χ0n) is 15.1. The number of nitrogens with one attached hydrogen (secondary N) is 1. The summed E-state index contributed by atoms with van der Waals surface area (Å²) in [5.41, 5.74) is -0.0621. The first-order chi connectivity index (χ1) is 11.9. The largest absolute Gasteiger partial charge is 0.490 e. The Balaban J connectivity index is 2.24. The first kappa shape index (κ1) is 18.7. The van der Waals surface area contributed by atoms with Crippen LogP contribution in [0.4, 0.5) is 5.82 Å². The number of hydrogen-bond acceptors (Lipinski definition) is 5. The lowest BCUT2D eigenvalue weighted by Crippen LogP contribution is -2.23. The van der Waals surface area contributed by atoms with Crippen molar-refractivity contribution in [3.8, 4) is 5.75 Å². The highest BCUT2D eigenvalue weighted by atomic mass is 16.5. The maximum atomic E-state index is 12.5. The van der Waals surface area contributed by atoms with Crippen molar-refractivity contribution in [2.24, 2.45) is 5.92 Å². The molecular weight excluding hydrogens is 320 g/mol. The number of aromatic nitrogens is 1. The van der Waals surface area contributed by atoms with E-state index >= 15 is 0 Å². The summed E-state index contributed by atoms with van der Waals surface area (Å²) in [6.45, 7) is 8.23. The van der Waals surface area contributed by atoms with Gasteiger partial charge in [-0.3, -0.25) is 4.79 Å². The molecule has 2 aromatic heterocycles. The van der Waals surface area contributed by atoms with E-state index in [0.717, 1.165) is 6.42 Å². The van der Waals surface area contributed by atoms with Gasteiger partial charge in [0.05, 0.1) is 6.61 Å². The Morgan fingerprint density at radius 1 is 1.40 bits per heavy atom. The molecule has 0 aromatic carbocycles. The first-order valence-corrected chi connectivity index (χ1v) is 8.45. The molecule has 6 nitrogen and oxygen atoms in total.